The number of aromatic amines is 1. The third-order valence-corrected chi connectivity index (χ3v) is 3.88. The van der Waals surface area contributed by atoms with E-state index < -0.39 is 42.6 Å². The van der Waals surface area contributed by atoms with Gasteiger partial charge in [0, 0.05) is 23.5 Å². The molecule has 10 heteroatoms. The summed E-state index contributed by atoms with van der Waals surface area (Å²) in [5.41, 5.74) is 0.0112. The van der Waals surface area contributed by atoms with Crippen LogP contribution in [0.1, 0.15) is 24.2 Å². The average molecular weight is 403 g/mol. The van der Waals surface area contributed by atoms with Crippen LogP contribution in [0.2, 0.25) is 0 Å². The number of H-pyrrole nitrogens is 1. The number of carbonyl (C=O) groups excluding carboxylic acids is 4. The van der Waals surface area contributed by atoms with Crippen LogP contribution >= 0.6 is 0 Å². The van der Waals surface area contributed by atoms with E-state index in [1.54, 1.807) is 38.1 Å². The highest BCUT2D eigenvalue weighted by atomic mass is 16.5. The minimum atomic E-state index is -0.909. The third kappa shape index (κ3) is 5.89. The number of para-hydroxylation sites is 1. The third-order valence-electron chi connectivity index (χ3n) is 3.88. The normalized spacial score (nSPS) is 10.3. The molecule has 0 aliphatic carbocycles. The fourth-order valence-electron chi connectivity index (χ4n) is 2.54. The number of imide groups is 1. The van der Waals surface area contributed by atoms with Crippen LogP contribution in [0.4, 0.5) is 4.79 Å². The van der Waals surface area contributed by atoms with Gasteiger partial charge in [0.15, 0.2) is 6.61 Å². The number of esters is 1. The van der Waals surface area contributed by atoms with Crippen LogP contribution < -0.4 is 10.9 Å². The lowest BCUT2D eigenvalue weighted by Crippen LogP contribution is -2.44. The Morgan fingerprint density at radius 1 is 1.10 bits per heavy atom. The van der Waals surface area contributed by atoms with Crippen molar-refractivity contribution in [1.29, 1.82) is 0 Å². The zero-order valence-electron chi connectivity index (χ0n) is 16.0. The van der Waals surface area contributed by atoms with E-state index >= 15 is 0 Å². The average Bonchev–Trinajstić information content (AvgIpc) is 2.69. The number of amides is 3. The second-order valence-electron chi connectivity index (χ2n) is 5.85. The van der Waals surface area contributed by atoms with Crippen LogP contribution in [0.15, 0.2) is 35.1 Å². The Kier molecular flexibility index (Phi) is 7.47. The topological polar surface area (TPSA) is 135 Å². The molecule has 0 bridgehead atoms. The molecule has 0 atom stereocenters. The van der Waals surface area contributed by atoms with Gasteiger partial charge in [0.2, 0.25) is 11.5 Å². The lowest BCUT2D eigenvalue weighted by molar-refractivity contribution is -0.138. The number of pyridine rings is 1. The molecule has 2 rings (SSSR count). The van der Waals surface area contributed by atoms with Crippen molar-refractivity contribution in [2.45, 2.75) is 13.8 Å². The first-order valence-corrected chi connectivity index (χ1v) is 8.89. The maximum absolute atomic E-state index is 12.4. The summed E-state index contributed by atoms with van der Waals surface area (Å²) in [7, 11) is 0. The Hall–Kier alpha value is -3.69. The molecule has 3 amide bonds. The van der Waals surface area contributed by atoms with Crippen molar-refractivity contribution in [3.63, 3.8) is 0 Å². The van der Waals surface area contributed by atoms with Crippen LogP contribution in [0, 0.1) is 0 Å². The molecule has 1 aromatic heterocycles. The number of nitrogens with zero attached hydrogens (tertiary/aromatic N) is 1. The van der Waals surface area contributed by atoms with Crippen LogP contribution in [0.5, 0.6) is 0 Å². The predicted octanol–water partition coefficient (Wildman–Crippen LogP) is 0.806. The highest BCUT2D eigenvalue weighted by Crippen LogP contribution is 2.15. The van der Waals surface area contributed by atoms with Gasteiger partial charge in [-0.1, -0.05) is 18.2 Å². The van der Waals surface area contributed by atoms with Crippen LogP contribution in [-0.4, -0.2) is 60.1 Å². The Bertz CT molecular complexity index is 983. The molecule has 0 saturated carbocycles. The minimum absolute atomic E-state index is 0.0280. The lowest BCUT2D eigenvalue weighted by atomic mass is 10.1. The Balaban J connectivity index is 2.00. The molecular weight excluding hydrogens is 382 g/mol. The van der Waals surface area contributed by atoms with Crippen LogP contribution in [-0.2, 0) is 19.1 Å². The number of fused-ring (bicyclic) bond motifs is 1. The maximum Gasteiger partial charge on any atom is 0.413 e. The molecule has 0 radical (unpaired) electrons. The molecule has 1 heterocycles. The van der Waals surface area contributed by atoms with Gasteiger partial charge in [-0.3, -0.25) is 19.7 Å². The van der Waals surface area contributed by atoms with Crippen LogP contribution in [0.25, 0.3) is 10.9 Å². The van der Waals surface area contributed by atoms with E-state index in [0.717, 1.165) is 11.0 Å². The van der Waals surface area contributed by atoms with Gasteiger partial charge in [0.25, 0.3) is 5.91 Å². The molecule has 0 aliphatic rings. The second kappa shape index (κ2) is 10.0. The summed E-state index contributed by atoms with van der Waals surface area (Å²) in [5, 5.41) is 2.46. The number of alkyl carbamates (subject to hydrolysis) is 1. The number of aromatic nitrogens is 1. The molecule has 29 heavy (non-hydrogen) atoms. The molecule has 154 valence electrons. The summed E-state index contributed by atoms with van der Waals surface area (Å²) in [5.74, 6) is -2.20. The summed E-state index contributed by atoms with van der Waals surface area (Å²) in [4.78, 5) is 63.1. The van der Waals surface area contributed by atoms with Crippen molar-refractivity contribution < 1.29 is 28.7 Å². The number of nitrogens with one attached hydrogen (secondary N) is 2. The number of carbonyl (C=O) groups is 4. The predicted molar refractivity (Wildman–Crippen MR) is 102 cm³/mol. The van der Waals surface area contributed by atoms with E-state index in [-0.39, 0.29) is 18.7 Å². The summed E-state index contributed by atoms with van der Waals surface area (Å²) < 4.78 is 9.62. The first-order valence-electron chi connectivity index (χ1n) is 8.89. The number of hydrogen-bond donors (Lipinski definition) is 2. The standard InChI is InChI=1S/C19H21N3O7/c1-3-22(10-16(24)21-19(27)28-4-2)17(25)11-29-18(26)13-9-15(23)20-14-8-6-5-7-12(13)14/h5-9H,3-4,10-11H2,1-2H3,(H,20,23)(H,21,24,27). The van der Waals surface area contributed by atoms with E-state index in [9.17, 15) is 24.0 Å². The number of benzene rings is 1. The quantitative estimate of drug-likeness (QED) is 0.653. The molecule has 1 aromatic carbocycles. The summed E-state index contributed by atoms with van der Waals surface area (Å²) in [6, 6.07) is 7.78. The van der Waals surface area contributed by atoms with Crippen molar-refractivity contribution in [2.24, 2.45) is 0 Å². The van der Waals surface area contributed by atoms with Gasteiger partial charge in [-0.25, -0.2) is 9.59 Å². The van der Waals surface area contributed by atoms with Crippen molar-refractivity contribution in [2.75, 3.05) is 26.3 Å². The van der Waals surface area contributed by atoms with E-state index in [4.69, 9.17) is 4.74 Å². The van der Waals surface area contributed by atoms with Gasteiger partial charge in [-0.05, 0) is 19.9 Å². The molecular formula is C19H21N3O7. The SMILES string of the molecule is CCOC(=O)NC(=O)CN(CC)C(=O)COC(=O)c1cc(=O)[nH]c2ccccc12. The van der Waals surface area contributed by atoms with Gasteiger partial charge in [-0.2, -0.15) is 0 Å². The Morgan fingerprint density at radius 2 is 1.83 bits per heavy atom. The molecule has 10 nitrogen and oxygen atoms in total. The van der Waals surface area contributed by atoms with Crippen molar-refractivity contribution >= 4 is 34.8 Å². The first-order chi connectivity index (χ1) is 13.8. The zero-order valence-corrected chi connectivity index (χ0v) is 16.0. The second-order valence-corrected chi connectivity index (χ2v) is 5.85. The summed E-state index contributed by atoms with van der Waals surface area (Å²) in [6.45, 7) is 2.44. The molecule has 2 aromatic rings. The minimum Gasteiger partial charge on any atom is -0.452 e. The Morgan fingerprint density at radius 3 is 2.52 bits per heavy atom. The van der Waals surface area contributed by atoms with E-state index in [0.29, 0.717) is 10.9 Å². The van der Waals surface area contributed by atoms with E-state index in [1.165, 1.54) is 0 Å². The van der Waals surface area contributed by atoms with Gasteiger partial charge in [0.05, 0.1) is 12.2 Å². The van der Waals surface area contributed by atoms with E-state index in [1.807, 2.05) is 5.32 Å². The fourth-order valence-corrected chi connectivity index (χ4v) is 2.54. The summed E-state index contributed by atoms with van der Waals surface area (Å²) >= 11 is 0. The molecule has 0 unspecified atom stereocenters. The van der Waals surface area contributed by atoms with Gasteiger partial charge in [-0.15, -0.1) is 0 Å². The first kappa shape index (κ1) is 21.6. The molecule has 0 saturated heterocycles. The molecule has 0 spiro atoms. The number of rotatable bonds is 7. The van der Waals surface area contributed by atoms with E-state index in [2.05, 4.69) is 9.72 Å². The smallest absolute Gasteiger partial charge is 0.413 e. The maximum atomic E-state index is 12.4. The highest BCUT2D eigenvalue weighted by Gasteiger charge is 2.20. The highest BCUT2D eigenvalue weighted by molar-refractivity contribution is 6.03. The van der Waals surface area contributed by atoms with Crippen molar-refractivity contribution in [1.82, 2.24) is 15.2 Å². The van der Waals surface area contributed by atoms with Gasteiger partial charge in [0.1, 0.15) is 6.54 Å². The molecule has 2 N–H and O–H groups in total. The zero-order chi connectivity index (χ0) is 21.4. The number of hydrogen-bond acceptors (Lipinski definition) is 7. The molecule has 0 fully saturated rings. The fraction of sp³-hybridized carbons (Fsp3) is 0.316. The van der Waals surface area contributed by atoms with Crippen LogP contribution in [0.3, 0.4) is 0 Å². The lowest BCUT2D eigenvalue weighted by Gasteiger charge is -2.20. The van der Waals surface area contributed by atoms with Crippen molar-refractivity contribution in [3.05, 3.63) is 46.2 Å². The number of ether oxygens (including phenoxy) is 2. The van der Waals surface area contributed by atoms with Gasteiger partial charge < -0.3 is 19.4 Å². The molecule has 0 aliphatic heterocycles. The summed E-state index contributed by atoms with van der Waals surface area (Å²) in [6.07, 6.45) is -0.909. The van der Waals surface area contributed by atoms with Gasteiger partial charge >= 0.3 is 12.1 Å². The largest absolute Gasteiger partial charge is 0.452 e. The monoisotopic (exact) mass is 403 g/mol. The number of likely N-dealkylation sites (N-methyl/N-ethyl adjacent to an activating group) is 1. The van der Waals surface area contributed by atoms with Crippen molar-refractivity contribution in [3.8, 4) is 0 Å². The Labute approximate surface area is 165 Å².